The average Bonchev–Trinajstić information content (AvgIpc) is 3.18. The number of amides is 1. The number of carbonyl (C=O) groups excluding carboxylic acids is 1. The Balaban J connectivity index is 1.59. The van der Waals surface area contributed by atoms with Crippen LogP contribution in [-0.2, 0) is 11.2 Å². The van der Waals surface area contributed by atoms with Crippen molar-refractivity contribution in [1.29, 1.82) is 0 Å². The predicted molar refractivity (Wildman–Crippen MR) is 108 cm³/mol. The molecule has 1 N–H and O–H groups in total. The zero-order valence-electron chi connectivity index (χ0n) is 16.4. The van der Waals surface area contributed by atoms with E-state index in [-0.39, 0.29) is 11.9 Å². The fourth-order valence-electron chi connectivity index (χ4n) is 3.07. The minimum atomic E-state index is -0.328. The molecule has 6 nitrogen and oxygen atoms in total. The maximum Gasteiger partial charge on any atom is 0.241 e. The molecule has 0 aliphatic carbocycles. The van der Waals surface area contributed by atoms with Crippen LogP contribution in [-0.4, -0.2) is 43.7 Å². The minimum Gasteiger partial charge on any atom is -0.497 e. The Morgan fingerprint density at radius 2 is 1.93 bits per heavy atom. The Kier molecular flexibility index (Phi) is 6.45. The Bertz CT molecular complexity index is 906. The van der Waals surface area contributed by atoms with Crippen LogP contribution in [0, 0.1) is 0 Å². The van der Waals surface area contributed by atoms with E-state index in [9.17, 15) is 4.79 Å². The smallest absolute Gasteiger partial charge is 0.241 e. The van der Waals surface area contributed by atoms with Gasteiger partial charge in [-0.2, -0.15) is 0 Å². The number of hydrogen-bond donors (Lipinski definition) is 1. The van der Waals surface area contributed by atoms with Crippen molar-refractivity contribution in [2.24, 2.45) is 0 Å². The minimum absolute atomic E-state index is 0.0345. The lowest BCUT2D eigenvalue weighted by Gasteiger charge is -2.23. The topological polar surface area (TPSA) is 67.6 Å². The molecule has 1 amide bonds. The molecular formula is C22H25N3O3. The first-order chi connectivity index (χ1) is 13.6. The van der Waals surface area contributed by atoms with E-state index in [1.807, 2.05) is 79.7 Å². The zero-order valence-corrected chi connectivity index (χ0v) is 16.4. The summed E-state index contributed by atoms with van der Waals surface area (Å²) in [6.45, 7) is 0.486. The molecule has 3 aromatic rings. The van der Waals surface area contributed by atoms with Crippen LogP contribution in [0.4, 0.5) is 0 Å². The Hall–Kier alpha value is -3.12. The average molecular weight is 379 g/mol. The number of nitrogens with one attached hydrogen (secondary N) is 1. The van der Waals surface area contributed by atoms with Gasteiger partial charge in [-0.15, -0.1) is 0 Å². The highest BCUT2D eigenvalue weighted by atomic mass is 16.5. The van der Waals surface area contributed by atoms with Crippen LogP contribution >= 0.6 is 0 Å². The van der Waals surface area contributed by atoms with Crippen LogP contribution < -0.4 is 10.1 Å². The number of rotatable bonds is 8. The molecule has 28 heavy (non-hydrogen) atoms. The normalized spacial score (nSPS) is 12.0. The zero-order chi connectivity index (χ0) is 19.9. The van der Waals surface area contributed by atoms with Crippen LogP contribution in [0.1, 0.15) is 17.3 Å². The van der Waals surface area contributed by atoms with Crippen molar-refractivity contribution in [2.75, 3.05) is 27.7 Å². The number of nitrogens with zero attached hydrogens (tertiary/aromatic N) is 2. The maximum absolute atomic E-state index is 12.7. The summed E-state index contributed by atoms with van der Waals surface area (Å²) >= 11 is 0. The number of likely N-dealkylation sites (N-methyl/N-ethyl adjacent to an activating group) is 1. The molecule has 0 saturated heterocycles. The van der Waals surface area contributed by atoms with Gasteiger partial charge >= 0.3 is 0 Å². The standard InChI is InChI=1S/C22H25N3O3/c1-25(2)21(16-8-5-4-6-9-16)22(26)23-13-12-18-15-20(28-24-18)17-10-7-11-19(14-17)27-3/h4-11,14-15,21H,12-13H2,1-3H3,(H,23,26). The first-order valence-electron chi connectivity index (χ1n) is 9.17. The van der Waals surface area contributed by atoms with Crippen molar-refractivity contribution in [3.8, 4) is 17.1 Å². The van der Waals surface area contributed by atoms with Crippen molar-refractivity contribution in [3.05, 3.63) is 71.9 Å². The van der Waals surface area contributed by atoms with Gasteiger partial charge in [0.05, 0.1) is 12.8 Å². The molecule has 3 rings (SSSR count). The van der Waals surface area contributed by atoms with Crippen molar-refractivity contribution in [2.45, 2.75) is 12.5 Å². The van der Waals surface area contributed by atoms with E-state index >= 15 is 0 Å². The first kappa shape index (κ1) is 19.6. The quantitative estimate of drug-likeness (QED) is 0.650. The molecule has 0 saturated carbocycles. The van der Waals surface area contributed by atoms with Crippen LogP contribution in [0.25, 0.3) is 11.3 Å². The summed E-state index contributed by atoms with van der Waals surface area (Å²) < 4.78 is 10.7. The van der Waals surface area contributed by atoms with Gasteiger partial charge < -0.3 is 14.6 Å². The molecule has 1 aromatic heterocycles. The number of carbonyl (C=O) groups is 1. The third-order valence-electron chi connectivity index (χ3n) is 4.47. The van der Waals surface area contributed by atoms with Crippen molar-refractivity contribution in [3.63, 3.8) is 0 Å². The Morgan fingerprint density at radius 1 is 1.14 bits per heavy atom. The molecule has 0 bridgehead atoms. The summed E-state index contributed by atoms with van der Waals surface area (Å²) in [5.74, 6) is 1.40. The summed E-state index contributed by atoms with van der Waals surface area (Å²) in [5.41, 5.74) is 2.66. The molecule has 1 atom stereocenters. The van der Waals surface area contributed by atoms with Gasteiger partial charge in [-0.25, -0.2) is 0 Å². The monoisotopic (exact) mass is 379 g/mol. The number of benzene rings is 2. The highest BCUT2D eigenvalue weighted by Crippen LogP contribution is 2.24. The van der Waals surface area contributed by atoms with E-state index < -0.39 is 0 Å². The fraction of sp³-hybridized carbons (Fsp3) is 0.273. The highest BCUT2D eigenvalue weighted by Gasteiger charge is 2.22. The predicted octanol–water partition coefficient (Wildman–Crippen LogP) is 3.31. The van der Waals surface area contributed by atoms with Gasteiger partial charge in [0, 0.05) is 24.6 Å². The van der Waals surface area contributed by atoms with Crippen molar-refractivity contribution < 1.29 is 14.1 Å². The Labute approximate surface area is 165 Å². The fourth-order valence-corrected chi connectivity index (χ4v) is 3.07. The molecule has 0 aliphatic heterocycles. The molecule has 1 heterocycles. The lowest BCUT2D eigenvalue weighted by Crippen LogP contribution is -2.37. The first-order valence-corrected chi connectivity index (χ1v) is 9.17. The second-order valence-corrected chi connectivity index (χ2v) is 6.73. The third-order valence-corrected chi connectivity index (χ3v) is 4.47. The lowest BCUT2D eigenvalue weighted by atomic mass is 10.1. The van der Waals surface area contributed by atoms with Gasteiger partial charge in [0.1, 0.15) is 11.8 Å². The van der Waals surface area contributed by atoms with Crippen molar-refractivity contribution >= 4 is 5.91 Å². The van der Waals surface area contributed by atoms with Crippen LogP contribution in [0.3, 0.4) is 0 Å². The molecule has 0 spiro atoms. The van der Waals surface area contributed by atoms with E-state index in [4.69, 9.17) is 9.26 Å². The van der Waals surface area contributed by atoms with E-state index in [0.29, 0.717) is 18.7 Å². The van der Waals surface area contributed by atoms with Crippen LogP contribution in [0.15, 0.2) is 65.2 Å². The molecule has 1 unspecified atom stereocenters. The molecule has 6 heteroatoms. The molecule has 146 valence electrons. The molecule has 0 fully saturated rings. The van der Waals surface area contributed by atoms with Gasteiger partial charge in [-0.05, 0) is 31.8 Å². The van der Waals surface area contributed by atoms with Gasteiger partial charge in [0.25, 0.3) is 0 Å². The van der Waals surface area contributed by atoms with Gasteiger partial charge in [0.15, 0.2) is 5.76 Å². The van der Waals surface area contributed by atoms with Crippen LogP contribution in [0.5, 0.6) is 5.75 Å². The number of aromatic nitrogens is 1. The number of methoxy groups -OCH3 is 1. The number of hydrogen-bond acceptors (Lipinski definition) is 5. The van der Waals surface area contributed by atoms with E-state index in [0.717, 1.165) is 22.6 Å². The SMILES string of the molecule is COc1cccc(-c2cc(CCNC(=O)C(c3ccccc3)N(C)C)no2)c1. The second-order valence-electron chi connectivity index (χ2n) is 6.73. The molecule has 0 radical (unpaired) electrons. The highest BCUT2D eigenvalue weighted by molar-refractivity contribution is 5.83. The summed E-state index contributed by atoms with van der Waals surface area (Å²) in [6.07, 6.45) is 0.591. The third kappa shape index (κ3) is 4.78. The van der Waals surface area contributed by atoms with Gasteiger partial charge in [0.2, 0.25) is 5.91 Å². The van der Waals surface area contributed by atoms with Gasteiger partial charge in [-0.1, -0.05) is 47.6 Å². The molecule has 2 aromatic carbocycles. The van der Waals surface area contributed by atoms with Crippen molar-refractivity contribution in [1.82, 2.24) is 15.4 Å². The van der Waals surface area contributed by atoms with E-state index in [2.05, 4.69) is 10.5 Å². The van der Waals surface area contributed by atoms with E-state index in [1.165, 1.54) is 0 Å². The van der Waals surface area contributed by atoms with Gasteiger partial charge in [-0.3, -0.25) is 9.69 Å². The molecule has 0 aliphatic rings. The largest absolute Gasteiger partial charge is 0.497 e. The number of ether oxygens (including phenoxy) is 1. The van der Waals surface area contributed by atoms with E-state index in [1.54, 1.807) is 7.11 Å². The molecular weight excluding hydrogens is 354 g/mol. The Morgan fingerprint density at radius 3 is 2.64 bits per heavy atom. The van der Waals surface area contributed by atoms with Crippen LogP contribution in [0.2, 0.25) is 0 Å². The lowest BCUT2D eigenvalue weighted by molar-refractivity contribution is -0.125. The summed E-state index contributed by atoms with van der Waals surface area (Å²) in [5, 5.41) is 7.10. The summed E-state index contributed by atoms with van der Waals surface area (Å²) in [4.78, 5) is 14.6. The summed E-state index contributed by atoms with van der Waals surface area (Å²) in [6, 6.07) is 18.9. The second kappa shape index (κ2) is 9.19. The maximum atomic E-state index is 12.7. The summed E-state index contributed by atoms with van der Waals surface area (Å²) in [7, 11) is 5.43.